The van der Waals surface area contributed by atoms with Crippen molar-refractivity contribution in [1.82, 2.24) is 20.2 Å². The summed E-state index contributed by atoms with van der Waals surface area (Å²) in [5, 5.41) is 3.20. The van der Waals surface area contributed by atoms with Crippen LogP contribution in [0.15, 0.2) is 18.5 Å². The topological polar surface area (TPSA) is 70.6 Å². The van der Waals surface area contributed by atoms with Crippen LogP contribution in [0.3, 0.4) is 0 Å². The first-order valence-corrected chi connectivity index (χ1v) is 9.90. The van der Waals surface area contributed by atoms with Crippen molar-refractivity contribution >= 4 is 11.9 Å². The molecular formula is C19H29N5O2. The molecule has 1 spiro atoms. The number of aromatic nitrogens is 2. The molecule has 1 amide bonds. The number of anilines is 1. The Kier molecular flexibility index (Phi) is 5.36. The van der Waals surface area contributed by atoms with E-state index < -0.39 is 0 Å². The molecular weight excluding hydrogens is 330 g/mol. The minimum Gasteiger partial charge on any atom is -0.373 e. The molecule has 1 aliphatic carbocycles. The Balaban J connectivity index is 1.20. The van der Waals surface area contributed by atoms with Crippen molar-refractivity contribution in [3.05, 3.63) is 18.5 Å². The Morgan fingerprint density at radius 3 is 2.62 bits per heavy atom. The second-order valence-corrected chi connectivity index (χ2v) is 7.84. The fraction of sp³-hybridized carbons (Fsp3) is 0.737. The van der Waals surface area contributed by atoms with E-state index in [9.17, 15) is 4.79 Å². The molecule has 0 aromatic carbocycles. The summed E-state index contributed by atoms with van der Waals surface area (Å²) in [6.45, 7) is 4.56. The zero-order valence-corrected chi connectivity index (χ0v) is 15.4. The predicted octanol–water partition coefficient (Wildman–Crippen LogP) is 1.21. The van der Waals surface area contributed by atoms with Crippen molar-refractivity contribution in [3.8, 4) is 0 Å². The first-order valence-electron chi connectivity index (χ1n) is 9.90. The molecule has 1 saturated carbocycles. The number of carbonyl (C=O) groups is 1. The van der Waals surface area contributed by atoms with E-state index in [0.717, 1.165) is 51.4 Å². The molecule has 2 saturated heterocycles. The van der Waals surface area contributed by atoms with Gasteiger partial charge in [0.05, 0.1) is 24.8 Å². The van der Waals surface area contributed by atoms with Gasteiger partial charge in [-0.15, -0.1) is 0 Å². The van der Waals surface area contributed by atoms with E-state index in [1.54, 1.807) is 12.4 Å². The molecule has 1 aromatic heterocycles. The second-order valence-electron chi connectivity index (χ2n) is 7.84. The SMILES string of the molecule is O=C(CN1CCN(c2ncccn2)CC1)N[C@@H]1COC2(CCCCC2)C1. The Hall–Kier alpha value is -1.73. The number of ether oxygens (including phenoxy) is 1. The molecule has 2 aliphatic heterocycles. The molecule has 0 unspecified atom stereocenters. The lowest BCUT2D eigenvalue weighted by molar-refractivity contribution is -0.123. The highest BCUT2D eigenvalue weighted by molar-refractivity contribution is 5.78. The van der Waals surface area contributed by atoms with Crippen LogP contribution in [-0.4, -0.2) is 71.7 Å². The number of piperazine rings is 1. The smallest absolute Gasteiger partial charge is 0.234 e. The number of carbonyl (C=O) groups excluding carboxylic acids is 1. The summed E-state index contributed by atoms with van der Waals surface area (Å²) in [6.07, 6.45) is 10.7. The summed E-state index contributed by atoms with van der Waals surface area (Å²) in [6, 6.07) is 2.01. The van der Waals surface area contributed by atoms with Crippen LogP contribution < -0.4 is 10.2 Å². The van der Waals surface area contributed by atoms with E-state index in [1.807, 2.05) is 6.07 Å². The first kappa shape index (κ1) is 17.7. The van der Waals surface area contributed by atoms with Crippen molar-refractivity contribution in [1.29, 1.82) is 0 Å². The van der Waals surface area contributed by atoms with Crippen LogP contribution in [0.1, 0.15) is 38.5 Å². The maximum absolute atomic E-state index is 12.4. The Bertz CT molecular complexity index is 597. The maximum atomic E-state index is 12.4. The molecule has 26 heavy (non-hydrogen) atoms. The highest BCUT2D eigenvalue weighted by atomic mass is 16.5. The molecule has 0 radical (unpaired) electrons. The van der Waals surface area contributed by atoms with Gasteiger partial charge in [0, 0.05) is 38.6 Å². The van der Waals surface area contributed by atoms with Gasteiger partial charge in [0.15, 0.2) is 0 Å². The molecule has 4 rings (SSSR count). The van der Waals surface area contributed by atoms with Crippen LogP contribution in [-0.2, 0) is 9.53 Å². The molecule has 3 heterocycles. The highest BCUT2D eigenvalue weighted by Gasteiger charge is 2.41. The minimum absolute atomic E-state index is 0.0531. The van der Waals surface area contributed by atoms with Gasteiger partial charge in [0.2, 0.25) is 11.9 Å². The van der Waals surface area contributed by atoms with Gasteiger partial charge in [-0.05, 0) is 25.3 Å². The third-order valence-electron chi connectivity index (χ3n) is 5.91. The number of hydrogen-bond acceptors (Lipinski definition) is 6. The van der Waals surface area contributed by atoms with Crippen molar-refractivity contribution < 1.29 is 9.53 Å². The number of rotatable bonds is 4. The molecule has 0 bridgehead atoms. The summed E-state index contributed by atoms with van der Waals surface area (Å²) in [7, 11) is 0. The van der Waals surface area contributed by atoms with E-state index in [4.69, 9.17) is 4.74 Å². The van der Waals surface area contributed by atoms with Gasteiger partial charge in [0.1, 0.15) is 0 Å². The van der Waals surface area contributed by atoms with Gasteiger partial charge in [-0.1, -0.05) is 19.3 Å². The third kappa shape index (κ3) is 4.15. The quantitative estimate of drug-likeness (QED) is 0.871. The van der Waals surface area contributed by atoms with Crippen molar-refractivity contribution in [2.24, 2.45) is 0 Å². The van der Waals surface area contributed by atoms with E-state index in [0.29, 0.717) is 13.2 Å². The van der Waals surface area contributed by atoms with E-state index in [2.05, 4.69) is 25.1 Å². The fourth-order valence-electron chi connectivity index (χ4n) is 4.52. The Morgan fingerprint density at radius 2 is 1.88 bits per heavy atom. The normalized spacial score (nSPS) is 26.2. The molecule has 1 atom stereocenters. The van der Waals surface area contributed by atoms with Crippen LogP contribution in [0.4, 0.5) is 5.95 Å². The largest absolute Gasteiger partial charge is 0.373 e. The van der Waals surface area contributed by atoms with Crippen molar-refractivity contribution in [2.75, 3.05) is 44.2 Å². The van der Waals surface area contributed by atoms with Gasteiger partial charge >= 0.3 is 0 Å². The molecule has 1 N–H and O–H groups in total. The molecule has 7 nitrogen and oxygen atoms in total. The number of amides is 1. The predicted molar refractivity (Wildman–Crippen MR) is 99.0 cm³/mol. The lowest BCUT2D eigenvalue weighted by Crippen LogP contribution is -2.51. The van der Waals surface area contributed by atoms with Crippen LogP contribution in [0.2, 0.25) is 0 Å². The number of nitrogens with zero attached hydrogens (tertiary/aromatic N) is 4. The van der Waals surface area contributed by atoms with Crippen LogP contribution in [0, 0.1) is 0 Å². The summed E-state index contributed by atoms with van der Waals surface area (Å²) >= 11 is 0. The highest BCUT2D eigenvalue weighted by Crippen LogP contribution is 2.39. The van der Waals surface area contributed by atoms with Crippen LogP contribution in [0.5, 0.6) is 0 Å². The molecule has 3 fully saturated rings. The van der Waals surface area contributed by atoms with E-state index in [1.165, 1.54) is 19.3 Å². The number of hydrogen-bond donors (Lipinski definition) is 1. The Labute approximate surface area is 155 Å². The molecule has 3 aliphatic rings. The Morgan fingerprint density at radius 1 is 1.15 bits per heavy atom. The average Bonchev–Trinajstić information content (AvgIpc) is 3.05. The monoisotopic (exact) mass is 359 g/mol. The van der Waals surface area contributed by atoms with Gasteiger partial charge in [-0.2, -0.15) is 0 Å². The van der Waals surface area contributed by atoms with E-state index in [-0.39, 0.29) is 17.6 Å². The third-order valence-corrected chi connectivity index (χ3v) is 5.91. The van der Waals surface area contributed by atoms with Crippen molar-refractivity contribution in [2.45, 2.75) is 50.2 Å². The van der Waals surface area contributed by atoms with E-state index >= 15 is 0 Å². The van der Waals surface area contributed by atoms with Gasteiger partial charge in [0.25, 0.3) is 0 Å². The van der Waals surface area contributed by atoms with Crippen LogP contribution >= 0.6 is 0 Å². The lowest BCUT2D eigenvalue weighted by Gasteiger charge is -2.34. The molecule has 1 aromatic rings. The summed E-state index contributed by atoms with van der Waals surface area (Å²) in [5.41, 5.74) is 0.0531. The summed E-state index contributed by atoms with van der Waals surface area (Å²) in [5.74, 6) is 0.897. The average molecular weight is 359 g/mol. The number of nitrogens with one attached hydrogen (secondary N) is 1. The maximum Gasteiger partial charge on any atom is 0.234 e. The zero-order chi connectivity index (χ0) is 17.8. The molecule has 142 valence electrons. The second kappa shape index (κ2) is 7.88. The standard InChI is InChI=1S/C19H29N5O2/c25-17(22-16-13-19(26-15-16)5-2-1-3-6-19)14-23-9-11-24(12-10-23)18-20-7-4-8-21-18/h4,7-8,16H,1-3,5-6,9-15H2,(H,22,25)/t16-/m0/s1. The van der Waals surface area contributed by atoms with Gasteiger partial charge in [-0.3, -0.25) is 9.69 Å². The van der Waals surface area contributed by atoms with Crippen LogP contribution in [0.25, 0.3) is 0 Å². The van der Waals surface area contributed by atoms with Gasteiger partial charge in [-0.25, -0.2) is 9.97 Å². The van der Waals surface area contributed by atoms with Gasteiger partial charge < -0.3 is 15.0 Å². The van der Waals surface area contributed by atoms with Crippen molar-refractivity contribution in [3.63, 3.8) is 0 Å². The summed E-state index contributed by atoms with van der Waals surface area (Å²) in [4.78, 5) is 25.4. The first-order chi connectivity index (χ1) is 12.7. The fourth-order valence-corrected chi connectivity index (χ4v) is 4.52. The lowest BCUT2D eigenvalue weighted by atomic mass is 9.82. The molecule has 7 heteroatoms. The minimum atomic E-state index is 0.0531. The zero-order valence-electron chi connectivity index (χ0n) is 15.4. The summed E-state index contributed by atoms with van der Waals surface area (Å²) < 4.78 is 6.10.